The molecule has 1 saturated heterocycles. The number of rotatable bonds is 5. The Morgan fingerprint density at radius 3 is 2.68 bits per heavy atom. The number of hydrogen-bond donors (Lipinski definition) is 1. The van der Waals surface area contributed by atoms with Crippen molar-refractivity contribution in [3.8, 4) is 11.5 Å². The summed E-state index contributed by atoms with van der Waals surface area (Å²) in [7, 11) is 0. The van der Waals surface area contributed by atoms with Crippen LogP contribution in [0.2, 0.25) is 0 Å². The molecule has 4 rings (SSSR count). The van der Waals surface area contributed by atoms with Gasteiger partial charge in [-0.2, -0.15) is 0 Å². The van der Waals surface area contributed by atoms with Crippen LogP contribution in [-0.2, 0) is 9.59 Å². The fourth-order valence-electron chi connectivity index (χ4n) is 3.42. The molecule has 1 fully saturated rings. The molecule has 0 aliphatic carbocycles. The first kappa shape index (κ1) is 18.7. The highest BCUT2D eigenvalue weighted by Crippen LogP contribution is 2.31. The van der Waals surface area contributed by atoms with Crippen molar-refractivity contribution in [2.24, 2.45) is 5.92 Å². The molecule has 2 aromatic carbocycles. The van der Waals surface area contributed by atoms with Crippen LogP contribution in [-0.4, -0.2) is 43.9 Å². The van der Waals surface area contributed by atoms with Gasteiger partial charge in [0.15, 0.2) is 11.5 Å². The number of anilines is 1. The fraction of sp³-hybridized carbons (Fsp3) is 0.333. The van der Waals surface area contributed by atoms with E-state index >= 15 is 0 Å². The molecule has 0 radical (unpaired) electrons. The summed E-state index contributed by atoms with van der Waals surface area (Å²) < 4.78 is 11.5. The lowest BCUT2D eigenvalue weighted by molar-refractivity contribution is -0.126. The van der Waals surface area contributed by atoms with Crippen molar-refractivity contribution in [3.63, 3.8) is 0 Å². The lowest BCUT2D eigenvalue weighted by atomic mass is 10.1. The molecule has 2 heterocycles. The number of fused-ring (bicyclic) bond motifs is 1. The predicted molar refractivity (Wildman–Crippen MR) is 108 cm³/mol. The highest BCUT2D eigenvalue weighted by molar-refractivity contribution is 7.98. The van der Waals surface area contributed by atoms with Crippen LogP contribution in [0.25, 0.3) is 0 Å². The molecular weight excluding hydrogens is 376 g/mol. The number of amides is 2. The Morgan fingerprint density at radius 2 is 1.93 bits per heavy atom. The minimum Gasteiger partial charge on any atom is -0.486 e. The maximum atomic E-state index is 12.6. The topological polar surface area (TPSA) is 67.9 Å². The molecular formula is C21H22N2O4S. The number of para-hydroxylation sites is 2. The second-order valence-corrected chi connectivity index (χ2v) is 7.73. The summed E-state index contributed by atoms with van der Waals surface area (Å²) in [5.74, 6) is 0.894. The quantitative estimate of drug-likeness (QED) is 0.785. The second-order valence-electron chi connectivity index (χ2n) is 6.85. The van der Waals surface area contributed by atoms with E-state index in [4.69, 9.17) is 9.47 Å². The van der Waals surface area contributed by atoms with Crippen molar-refractivity contribution >= 4 is 29.3 Å². The normalized spacial score (nSPS) is 20.9. The Kier molecular flexibility index (Phi) is 5.43. The fourth-order valence-corrected chi connectivity index (χ4v) is 3.83. The summed E-state index contributed by atoms with van der Waals surface area (Å²) in [6.07, 6.45) is 1.99. The largest absolute Gasteiger partial charge is 0.486 e. The Morgan fingerprint density at radius 1 is 1.18 bits per heavy atom. The molecule has 6 nitrogen and oxygen atoms in total. The second kappa shape index (κ2) is 8.14. The zero-order chi connectivity index (χ0) is 19.5. The van der Waals surface area contributed by atoms with Crippen LogP contribution in [0.15, 0.2) is 53.4 Å². The van der Waals surface area contributed by atoms with Crippen LogP contribution in [0.1, 0.15) is 6.42 Å². The van der Waals surface area contributed by atoms with Crippen LogP contribution >= 0.6 is 11.8 Å². The van der Waals surface area contributed by atoms with Gasteiger partial charge in [0.1, 0.15) is 12.7 Å². The Bertz CT molecular complexity index is 871. The molecule has 146 valence electrons. The van der Waals surface area contributed by atoms with E-state index < -0.39 is 0 Å². The van der Waals surface area contributed by atoms with E-state index in [1.54, 1.807) is 16.7 Å². The predicted octanol–water partition coefficient (Wildman–Crippen LogP) is 2.72. The van der Waals surface area contributed by atoms with Crippen LogP contribution in [0, 0.1) is 5.92 Å². The summed E-state index contributed by atoms with van der Waals surface area (Å²) in [5.41, 5.74) is 0.832. The van der Waals surface area contributed by atoms with Gasteiger partial charge in [0.2, 0.25) is 11.8 Å². The molecule has 2 aliphatic heterocycles. The van der Waals surface area contributed by atoms with Gasteiger partial charge >= 0.3 is 0 Å². The standard InChI is InChI=1S/C21H22N2O4S/c1-28-17-8-6-15(7-9-17)23-12-14(10-20(23)24)21(25)22-11-16-13-26-18-4-2-3-5-19(18)27-16/h2-9,14,16H,10-13H2,1H3,(H,22,25). The molecule has 2 unspecified atom stereocenters. The number of ether oxygens (including phenoxy) is 2. The van der Waals surface area contributed by atoms with Crippen LogP contribution in [0.5, 0.6) is 11.5 Å². The van der Waals surface area contributed by atoms with E-state index in [1.165, 1.54) is 0 Å². The van der Waals surface area contributed by atoms with Gasteiger partial charge in [-0.1, -0.05) is 12.1 Å². The highest BCUT2D eigenvalue weighted by Gasteiger charge is 2.35. The first-order valence-corrected chi connectivity index (χ1v) is 10.5. The van der Waals surface area contributed by atoms with Gasteiger partial charge < -0.3 is 19.7 Å². The molecule has 28 heavy (non-hydrogen) atoms. The van der Waals surface area contributed by atoms with E-state index in [0.717, 1.165) is 16.3 Å². The lowest BCUT2D eigenvalue weighted by Crippen LogP contribution is -2.43. The minimum atomic E-state index is -0.357. The van der Waals surface area contributed by atoms with Crippen LogP contribution < -0.4 is 19.7 Å². The molecule has 7 heteroatoms. The summed E-state index contributed by atoms with van der Waals surface area (Å²) in [6.45, 7) is 1.13. The summed E-state index contributed by atoms with van der Waals surface area (Å²) in [6, 6.07) is 15.3. The molecule has 0 saturated carbocycles. The average Bonchev–Trinajstić information content (AvgIpc) is 3.13. The van der Waals surface area contributed by atoms with E-state index in [1.807, 2.05) is 54.8 Å². The number of carbonyl (C=O) groups is 2. The van der Waals surface area contributed by atoms with E-state index in [-0.39, 0.29) is 30.3 Å². The van der Waals surface area contributed by atoms with Gasteiger partial charge in [-0.25, -0.2) is 0 Å². The Balaban J connectivity index is 1.31. The molecule has 0 spiro atoms. The van der Waals surface area contributed by atoms with Crippen molar-refractivity contribution in [2.45, 2.75) is 17.4 Å². The highest BCUT2D eigenvalue weighted by atomic mass is 32.2. The van der Waals surface area contributed by atoms with E-state index in [2.05, 4.69) is 5.32 Å². The maximum absolute atomic E-state index is 12.6. The number of hydrogen-bond acceptors (Lipinski definition) is 5. The van der Waals surface area contributed by atoms with Crippen molar-refractivity contribution < 1.29 is 19.1 Å². The molecule has 0 bridgehead atoms. The van der Waals surface area contributed by atoms with E-state index in [0.29, 0.717) is 25.4 Å². The van der Waals surface area contributed by atoms with Crippen LogP contribution in [0.3, 0.4) is 0 Å². The molecule has 2 aliphatic rings. The lowest BCUT2D eigenvalue weighted by Gasteiger charge is -2.26. The zero-order valence-electron chi connectivity index (χ0n) is 15.6. The van der Waals surface area contributed by atoms with Crippen molar-refractivity contribution in [1.82, 2.24) is 5.32 Å². The molecule has 2 atom stereocenters. The number of benzene rings is 2. The SMILES string of the molecule is CSc1ccc(N2CC(C(=O)NCC3COc4ccccc4O3)CC2=O)cc1. The van der Waals surface area contributed by atoms with Crippen molar-refractivity contribution in [1.29, 1.82) is 0 Å². The van der Waals surface area contributed by atoms with Gasteiger partial charge in [-0.3, -0.25) is 9.59 Å². The first-order chi connectivity index (χ1) is 13.6. The Labute approximate surface area is 168 Å². The summed E-state index contributed by atoms with van der Waals surface area (Å²) in [4.78, 5) is 27.8. The smallest absolute Gasteiger partial charge is 0.227 e. The summed E-state index contributed by atoms with van der Waals surface area (Å²) >= 11 is 1.65. The van der Waals surface area contributed by atoms with Crippen molar-refractivity contribution in [2.75, 3.05) is 30.9 Å². The number of nitrogens with one attached hydrogen (secondary N) is 1. The van der Waals surface area contributed by atoms with Gasteiger partial charge in [0.25, 0.3) is 0 Å². The number of carbonyl (C=O) groups excluding carboxylic acids is 2. The first-order valence-electron chi connectivity index (χ1n) is 9.24. The van der Waals surface area contributed by atoms with Gasteiger partial charge in [-0.05, 0) is 42.7 Å². The average molecular weight is 398 g/mol. The van der Waals surface area contributed by atoms with Gasteiger partial charge in [0.05, 0.1) is 12.5 Å². The molecule has 1 N–H and O–H groups in total. The maximum Gasteiger partial charge on any atom is 0.227 e. The third-order valence-corrected chi connectivity index (χ3v) is 5.69. The molecule has 0 aromatic heterocycles. The van der Waals surface area contributed by atoms with Gasteiger partial charge in [-0.15, -0.1) is 11.8 Å². The van der Waals surface area contributed by atoms with Crippen molar-refractivity contribution in [3.05, 3.63) is 48.5 Å². The zero-order valence-corrected chi connectivity index (χ0v) is 16.4. The third kappa shape index (κ3) is 3.94. The minimum absolute atomic E-state index is 0.0248. The third-order valence-electron chi connectivity index (χ3n) is 4.95. The van der Waals surface area contributed by atoms with Crippen LogP contribution in [0.4, 0.5) is 5.69 Å². The number of thioether (sulfide) groups is 1. The Hall–Kier alpha value is -2.67. The monoisotopic (exact) mass is 398 g/mol. The molecule has 2 aromatic rings. The number of nitrogens with zero attached hydrogens (tertiary/aromatic N) is 1. The molecule has 2 amide bonds. The van der Waals surface area contributed by atoms with Gasteiger partial charge in [0, 0.05) is 23.5 Å². The van der Waals surface area contributed by atoms with E-state index in [9.17, 15) is 9.59 Å². The summed E-state index contributed by atoms with van der Waals surface area (Å²) in [5, 5.41) is 2.91.